The van der Waals surface area contributed by atoms with E-state index in [9.17, 15) is 9.59 Å². The largest absolute Gasteiger partial charge is 0.487 e. The lowest BCUT2D eigenvalue weighted by Gasteiger charge is -2.13. The smallest absolute Gasteiger partial charge is 0.243 e. The molecule has 0 heterocycles. The molecule has 0 bridgehead atoms. The summed E-state index contributed by atoms with van der Waals surface area (Å²) in [4.78, 5) is 24.1. The van der Waals surface area contributed by atoms with Crippen molar-refractivity contribution < 1.29 is 14.3 Å². The molecule has 0 radical (unpaired) electrons. The van der Waals surface area contributed by atoms with E-state index in [2.05, 4.69) is 22.5 Å². The van der Waals surface area contributed by atoms with Crippen LogP contribution in [0.5, 0.6) is 5.75 Å². The summed E-state index contributed by atoms with van der Waals surface area (Å²) in [6, 6.07) is 12.3. The van der Waals surface area contributed by atoms with E-state index in [1.54, 1.807) is 24.3 Å². The fraction of sp³-hybridized carbons (Fsp3) is 0.238. The van der Waals surface area contributed by atoms with E-state index in [0.29, 0.717) is 40.9 Å². The number of hydrogen-bond acceptors (Lipinski definition) is 4. The Hall–Kier alpha value is -2.99. The molecule has 6 nitrogen and oxygen atoms in total. The predicted molar refractivity (Wildman–Crippen MR) is 114 cm³/mol. The molecule has 0 aliphatic rings. The van der Waals surface area contributed by atoms with Crippen LogP contribution in [-0.2, 0) is 9.59 Å². The van der Waals surface area contributed by atoms with Gasteiger partial charge in [0.1, 0.15) is 12.4 Å². The Balaban J connectivity index is 1.98. The highest BCUT2D eigenvalue weighted by atomic mass is 35.5. The Morgan fingerprint density at radius 1 is 1.11 bits per heavy atom. The molecule has 0 aliphatic heterocycles. The molecular weight excluding hydrogens is 378 g/mol. The Morgan fingerprint density at radius 3 is 2.64 bits per heavy atom. The van der Waals surface area contributed by atoms with Crippen LogP contribution in [0.2, 0.25) is 5.02 Å². The van der Waals surface area contributed by atoms with Crippen molar-refractivity contribution in [3.05, 3.63) is 60.1 Å². The monoisotopic (exact) mass is 401 g/mol. The first-order valence-corrected chi connectivity index (χ1v) is 9.37. The molecule has 0 aliphatic carbocycles. The van der Waals surface area contributed by atoms with Crippen LogP contribution in [0.25, 0.3) is 0 Å². The quantitative estimate of drug-likeness (QED) is 0.504. The third-order valence-corrected chi connectivity index (χ3v) is 4.01. The van der Waals surface area contributed by atoms with Gasteiger partial charge in [-0.05, 0) is 36.8 Å². The van der Waals surface area contributed by atoms with Crippen LogP contribution < -0.4 is 20.7 Å². The third kappa shape index (κ3) is 6.63. The van der Waals surface area contributed by atoms with E-state index in [1.165, 1.54) is 0 Å². The minimum absolute atomic E-state index is 0.0250. The first-order chi connectivity index (χ1) is 13.5. The number of benzene rings is 2. The van der Waals surface area contributed by atoms with E-state index in [1.807, 2.05) is 31.2 Å². The molecule has 2 aromatic carbocycles. The summed E-state index contributed by atoms with van der Waals surface area (Å²) >= 11 is 6.16. The lowest BCUT2D eigenvalue weighted by molar-refractivity contribution is -0.116. The van der Waals surface area contributed by atoms with Crippen molar-refractivity contribution in [2.45, 2.75) is 19.8 Å². The Morgan fingerprint density at radius 2 is 1.89 bits per heavy atom. The van der Waals surface area contributed by atoms with Crippen molar-refractivity contribution in [3.8, 4) is 5.75 Å². The van der Waals surface area contributed by atoms with Gasteiger partial charge >= 0.3 is 0 Å². The van der Waals surface area contributed by atoms with Crippen molar-refractivity contribution in [2.75, 3.05) is 29.1 Å². The van der Waals surface area contributed by atoms with Crippen LogP contribution in [0, 0.1) is 0 Å². The second-order valence-electron chi connectivity index (χ2n) is 5.99. The zero-order valence-electron chi connectivity index (χ0n) is 15.8. The zero-order valence-corrected chi connectivity index (χ0v) is 16.5. The van der Waals surface area contributed by atoms with Crippen LogP contribution >= 0.6 is 11.6 Å². The second kappa shape index (κ2) is 11.0. The molecule has 0 spiro atoms. The van der Waals surface area contributed by atoms with Gasteiger partial charge in [0.15, 0.2) is 0 Å². The number of anilines is 3. The van der Waals surface area contributed by atoms with Gasteiger partial charge in [0, 0.05) is 12.1 Å². The summed E-state index contributed by atoms with van der Waals surface area (Å²) in [5.74, 6) is 0.270. The predicted octanol–water partition coefficient (Wildman–Crippen LogP) is 4.69. The van der Waals surface area contributed by atoms with E-state index in [0.717, 1.165) is 6.42 Å². The van der Waals surface area contributed by atoms with Crippen LogP contribution in [0.15, 0.2) is 55.1 Å². The summed E-state index contributed by atoms with van der Waals surface area (Å²) in [5, 5.41) is 8.95. The average Bonchev–Trinajstić information content (AvgIpc) is 2.68. The molecule has 28 heavy (non-hydrogen) atoms. The number of carbonyl (C=O) groups is 2. The number of rotatable bonds is 10. The van der Waals surface area contributed by atoms with Crippen LogP contribution in [0.3, 0.4) is 0 Å². The van der Waals surface area contributed by atoms with Gasteiger partial charge in [-0.25, -0.2) is 0 Å². The second-order valence-corrected chi connectivity index (χ2v) is 6.40. The summed E-state index contributed by atoms with van der Waals surface area (Å²) in [7, 11) is 0. The van der Waals surface area contributed by atoms with Gasteiger partial charge < -0.3 is 20.7 Å². The highest BCUT2D eigenvalue weighted by Crippen LogP contribution is 2.26. The van der Waals surface area contributed by atoms with E-state index >= 15 is 0 Å². The number of carbonyl (C=O) groups excluding carboxylic acids is 2. The summed E-state index contributed by atoms with van der Waals surface area (Å²) in [5.41, 5.74) is 1.71. The number of halogens is 1. The zero-order chi connectivity index (χ0) is 20.4. The summed E-state index contributed by atoms with van der Waals surface area (Å²) in [6.07, 6.45) is 2.84. The van der Waals surface area contributed by atoms with Crippen LogP contribution in [0.1, 0.15) is 19.8 Å². The van der Waals surface area contributed by atoms with Crippen molar-refractivity contribution in [1.82, 2.24) is 0 Å². The average molecular weight is 402 g/mol. The molecule has 2 rings (SSSR count). The number of ether oxygens (including phenoxy) is 1. The fourth-order valence-corrected chi connectivity index (χ4v) is 2.57. The normalized spacial score (nSPS) is 10.1. The Labute approximate surface area is 169 Å². The topological polar surface area (TPSA) is 79.5 Å². The van der Waals surface area contributed by atoms with Gasteiger partial charge in [-0.1, -0.05) is 43.3 Å². The number of para-hydroxylation sites is 2. The van der Waals surface area contributed by atoms with Gasteiger partial charge in [0.2, 0.25) is 11.8 Å². The third-order valence-electron chi connectivity index (χ3n) is 3.68. The summed E-state index contributed by atoms with van der Waals surface area (Å²) < 4.78 is 5.55. The fourth-order valence-electron chi connectivity index (χ4n) is 2.41. The van der Waals surface area contributed by atoms with Crippen molar-refractivity contribution in [2.24, 2.45) is 0 Å². The van der Waals surface area contributed by atoms with Gasteiger partial charge in [-0.3, -0.25) is 9.59 Å². The molecule has 0 aromatic heterocycles. The van der Waals surface area contributed by atoms with Gasteiger partial charge in [0.05, 0.1) is 22.9 Å². The minimum Gasteiger partial charge on any atom is -0.487 e. The van der Waals surface area contributed by atoms with Crippen LogP contribution in [-0.4, -0.2) is 25.0 Å². The SMILES string of the molecule is C=CCOc1ccccc1NCC(=O)Nc1cc(NC(=O)CCC)ccc1Cl. The highest BCUT2D eigenvalue weighted by molar-refractivity contribution is 6.33. The van der Waals surface area contributed by atoms with Crippen molar-refractivity contribution in [3.63, 3.8) is 0 Å². The van der Waals surface area contributed by atoms with Gasteiger partial charge in [0.25, 0.3) is 0 Å². The lowest BCUT2D eigenvalue weighted by atomic mass is 10.2. The first-order valence-electron chi connectivity index (χ1n) is 8.99. The van der Waals surface area contributed by atoms with Crippen molar-refractivity contribution >= 4 is 40.5 Å². The first kappa shape index (κ1) is 21.3. The van der Waals surface area contributed by atoms with Crippen LogP contribution in [0.4, 0.5) is 17.1 Å². The van der Waals surface area contributed by atoms with Gasteiger partial charge in [-0.15, -0.1) is 0 Å². The van der Waals surface area contributed by atoms with E-state index in [4.69, 9.17) is 16.3 Å². The van der Waals surface area contributed by atoms with E-state index < -0.39 is 0 Å². The number of amides is 2. The molecule has 3 N–H and O–H groups in total. The molecule has 148 valence electrons. The van der Waals surface area contributed by atoms with E-state index in [-0.39, 0.29) is 18.4 Å². The molecular formula is C21H24ClN3O3. The standard InChI is InChI=1S/C21H24ClN3O3/c1-3-7-20(26)24-15-10-11-16(22)18(13-15)25-21(27)14-23-17-8-5-6-9-19(17)28-12-4-2/h4-6,8-11,13,23H,2-3,7,12,14H2,1H3,(H,24,26)(H,25,27). The maximum Gasteiger partial charge on any atom is 0.243 e. The maximum atomic E-state index is 12.3. The minimum atomic E-state index is -0.280. The van der Waals surface area contributed by atoms with Gasteiger partial charge in [-0.2, -0.15) is 0 Å². The molecule has 0 fully saturated rings. The molecule has 0 atom stereocenters. The lowest BCUT2D eigenvalue weighted by Crippen LogP contribution is -2.22. The Kier molecular flexibility index (Phi) is 8.37. The number of nitrogens with one attached hydrogen (secondary N) is 3. The maximum absolute atomic E-state index is 12.3. The molecule has 2 aromatic rings. The van der Waals surface area contributed by atoms with Crippen molar-refractivity contribution in [1.29, 1.82) is 0 Å². The Bertz CT molecular complexity index is 839. The molecule has 0 saturated carbocycles. The highest BCUT2D eigenvalue weighted by Gasteiger charge is 2.10. The summed E-state index contributed by atoms with van der Waals surface area (Å²) in [6.45, 7) is 5.95. The molecule has 7 heteroatoms. The molecule has 0 unspecified atom stereocenters. The molecule has 2 amide bonds. The number of hydrogen-bond donors (Lipinski definition) is 3. The molecule has 0 saturated heterocycles.